The van der Waals surface area contributed by atoms with Crippen LogP contribution in [0, 0.1) is 22.7 Å². The largest absolute Gasteiger partial charge is 0.504 e. The fourth-order valence-electron chi connectivity index (χ4n) is 10.6. The smallest absolute Gasteiger partial charge is 0.369 e. The van der Waals surface area contributed by atoms with Gasteiger partial charge in [0.15, 0.2) is 74.8 Å². The molecule has 9 aromatic rings. The molecular weight excluding hydrogens is 1990 g/mol. The first-order valence-electron chi connectivity index (χ1n) is 37.8. The van der Waals surface area contributed by atoms with Crippen LogP contribution in [-0.2, 0) is 38.1 Å². The van der Waals surface area contributed by atoms with Crippen LogP contribution in [0.5, 0.6) is 86.2 Å². The fourth-order valence-corrected chi connectivity index (χ4v) is 12.6. The minimum Gasteiger partial charge on any atom is -0.504 e. The van der Waals surface area contributed by atoms with Crippen molar-refractivity contribution in [2.45, 2.75) is 52.4 Å². The Balaban J connectivity index is 0. The number of carbonyl (C=O) groups excluding carboxylic acids is 8. The molecule has 0 aliphatic carbocycles. The van der Waals surface area contributed by atoms with E-state index in [0.717, 1.165) is 0 Å². The molecule has 0 saturated heterocycles. The summed E-state index contributed by atoms with van der Waals surface area (Å²) in [5.41, 5.74) is 21.0. The number of hydrogen-bond acceptors (Lipinski definition) is 36. The summed E-state index contributed by atoms with van der Waals surface area (Å²) in [4.78, 5) is 114. The van der Waals surface area contributed by atoms with Gasteiger partial charge in [0.25, 0.3) is 11.8 Å². The van der Waals surface area contributed by atoms with Gasteiger partial charge in [0.05, 0.1) is 156 Å². The molecule has 0 aliphatic heterocycles. The summed E-state index contributed by atoms with van der Waals surface area (Å²) in [7, 11) is 18.4. The van der Waals surface area contributed by atoms with Crippen molar-refractivity contribution in [3.8, 4) is 86.2 Å². The third-order valence-corrected chi connectivity index (χ3v) is 18.7. The number of hydrazine groups is 1. The third kappa shape index (κ3) is 37.2. The second kappa shape index (κ2) is 64.9. The number of halogens is 5. The van der Waals surface area contributed by atoms with Crippen LogP contribution in [0.3, 0.4) is 0 Å². The summed E-state index contributed by atoms with van der Waals surface area (Å²) >= 11 is 11.8. The molecule has 17 N–H and O–H groups in total. The van der Waals surface area contributed by atoms with Crippen molar-refractivity contribution in [3.63, 3.8) is 0 Å². The first-order valence-corrected chi connectivity index (χ1v) is 42.3. The van der Waals surface area contributed by atoms with Gasteiger partial charge in [-0.05, 0) is 86.6 Å². The number of aromatic carboxylic acids is 2. The number of phenolic OH excluding ortho intramolecular Hbond substituents is 3. The van der Waals surface area contributed by atoms with Crippen molar-refractivity contribution in [3.05, 3.63) is 158 Å². The van der Waals surface area contributed by atoms with Gasteiger partial charge in [0.1, 0.15) is 22.8 Å². The lowest BCUT2D eigenvalue weighted by Crippen LogP contribution is -2.40. The molecule has 0 saturated carbocycles. The van der Waals surface area contributed by atoms with E-state index < -0.39 is 47.2 Å². The lowest BCUT2D eigenvalue weighted by Gasteiger charge is -2.13. The molecule has 3 amide bonds. The molecule has 0 spiro atoms. The van der Waals surface area contributed by atoms with E-state index >= 15 is 0 Å². The zero-order valence-corrected chi connectivity index (χ0v) is 80.5. The molecule has 0 fully saturated rings. The second-order valence-electron chi connectivity index (χ2n) is 24.5. The molecule has 0 unspecified atom stereocenters. The van der Waals surface area contributed by atoms with Gasteiger partial charge in [-0.2, -0.15) is 5.10 Å². The Labute approximate surface area is 791 Å². The monoisotopic (exact) mass is 2090 g/mol. The molecule has 0 aliphatic rings. The van der Waals surface area contributed by atoms with Crippen LogP contribution < -0.4 is 79.9 Å². The summed E-state index contributed by atoms with van der Waals surface area (Å²) < 4.78 is 103. The molecular formula is C84H106BBr3F2N8O32S2. The zero-order valence-electron chi connectivity index (χ0n) is 74.2. The maximum Gasteiger partial charge on any atom is 0.369 e. The highest BCUT2D eigenvalue weighted by molar-refractivity contribution is 9.69. The number of rotatable bonds is 36. The summed E-state index contributed by atoms with van der Waals surface area (Å²) in [5.74, 6) is -0.459. The molecule has 7 aromatic carbocycles. The highest BCUT2D eigenvalue weighted by Gasteiger charge is 2.26. The van der Waals surface area contributed by atoms with Gasteiger partial charge in [-0.3, -0.25) is 43.8 Å². The number of aromatic hydroxyl groups is 4. The number of ketones is 3. The van der Waals surface area contributed by atoms with E-state index in [1.807, 2.05) is 5.43 Å². The van der Waals surface area contributed by atoms with Gasteiger partial charge >= 0.3 is 27.1 Å². The lowest BCUT2D eigenvalue weighted by atomic mass is 10.0. The van der Waals surface area contributed by atoms with Crippen LogP contribution in [0.2, 0.25) is 0 Å². The Hall–Kier alpha value is -12.8. The number of hydrogen-bond donors (Lipinski definition) is 13. The SMILES string of the molecule is BrB(Br)Br.CCOC(=O)CCC(=O)c1ccc(OC)c(OC)c1O.CCOC(=O)CN.COCC/C(=N\NC(=O)CCC(=O)c1ccc(OC)c(OC)c1O)c1csc2c(F)cccc12.COCCC(=O)c1csc2c(F)cccc12.COc1ccc(C(=O)NCC(=O)NN)c(O)c1OC.COc1ccc(C(=O)O)c(O)c1OC.COc1ccc(C(=O)O)c(OC)c1OC.N=N.O.[HH]. The minimum absolute atomic E-state index is 0. The Bertz CT molecular complexity index is 5300. The normalized spacial score (nSPS) is 9.94. The standard InChI is InChI=1S/C24H25FN2O6S.C14H18O6.C12H11FO2S.C11H15N3O5.C10H12O5.C9H10O5.C4H9NO2.BBr3.H2N2.H2O.H2/c1-31-12-11-18(16-13-34-24-14(16)5-4-6-17(24)25)26-27-21(29)10-8-19(28)15-7-9-20(32-2)23(33-3)22(15)30;1-4-20-12(16)8-6-10(15)9-5-7-11(18-2)14(19-3)13(9)17;1-15-6-5-11(14)9-7-16-12-8(9)3-2-4-10(12)13;1-18-7-4-3-6(9(16)10(7)19-2)11(17)13-5-8(15)14-12;1-13-7-5-4-6(10(11)12)8(14-2)9(7)15-3;1-13-6-4-3-5(9(11)12)7(10)8(6)14-2;1-2-7-4(6)3-5;2-1(3)4;1-2;;/h4-7,9,13,30H,8,10-12H2,1-3H3,(H,27,29);5,7,17H,4,6,8H2,1-3H3;2-4,7H,5-6H2,1H3;3-4,16H,5,12H2,1-2H3,(H,13,17)(H,14,15);4-5H,1-3H3,(H,11,12);3-4,10H,1-2H3,(H,11,12);2-3,5H2,1H3;;1-2H;1H2;1H/b26-18+;;;;;;;;;;. The van der Waals surface area contributed by atoms with Crippen molar-refractivity contribution >= 4 is 158 Å². The number of carboxylic acids is 2. The van der Waals surface area contributed by atoms with E-state index in [-0.39, 0.29) is 181 Å². The molecule has 48 heteroatoms. The van der Waals surface area contributed by atoms with E-state index in [0.29, 0.717) is 81.2 Å². The average Bonchev–Trinajstić information content (AvgIpc) is 1.63. The number of carbonyl (C=O) groups is 10. The Morgan fingerprint density at radius 2 is 0.788 bits per heavy atom. The number of nitrogens with two attached hydrogens (primary N) is 2. The zero-order chi connectivity index (χ0) is 99.2. The van der Waals surface area contributed by atoms with Gasteiger partial charge in [0, 0.05) is 80.4 Å². The first kappa shape index (κ1) is 119. The minimum atomic E-state index is -1.22. The summed E-state index contributed by atoms with van der Waals surface area (Å²) in [6, 6.07) is 23.9. The summed E-state index contributed by atoms with van der Waals surface area (Å²) in [6.07, 6.45) is 0.371. The van der Waals surface area contributed by atoms with Crippen molar-refractivity contribution in [2.75, 3.05) is 132 Å². The molecule has 9 rings (SSSR count). The fraction of sp³-hybridized carbons (Fsp3) is 0.321. The molecule has 40 nitrogen and oxygen atoms in total. The number of fused-ring (bicyclic) bond motifs is 2. The van der Waals surface area contributed by atoms with E-state index in [2.05, 4.69) is 67.9 Å². The number of amides is 3. The Morgan fingerprint density at radius 3 is 1.17 bits per heavy atom. The number of hydrazone groups is 1. The number of esters is 2. The highest BCUT2D eigenvalue weighted by atomic mass is 79.9. The number of carboxylic acid groups (broad SMARTS) is 2. The number of benzene rings is 7. The molecule has 2 heterocycles. The predicted molar refractivity (Wildman–Crippen MR) is 498 cm³/mol. The van der Waals surface area contributed by atoms with Gasteiger partial charge in [-0.25, -0.2) is 40.7 Å². The molecule has 132 heavy (non-hydrogen) atoms. The Morgan fingerprint density at radius 1 is 0.439 bits per heavy atom. The quantitative estimate of drug-likeness (QED) is 0.00253. The van der Waals surface area contributed by atoms with E-state index in [9.17, 15) is 77.2 Å². The highest BCUT2D eigenvalue weighted by Crippen LogP contribution is 2.44. The third-order valence-electron chi connectivity index (χ3n) is 16.7. The number of nitrogens with one attached hydrogen (secondary N) is 5. The number of Topliss-reactive ketones (excluding diaryl/α,β-unsaturated/α-hetero) is 3. The van der Waals surface area contributed by atoms with Gasteiger partial charge in [0.2, 0.25) is 34.7 Å². The topological polar surface area (TPSA) is 610 Å². The van der Waals surface area contributed by atoms with E-state index in [1.165, 1.54) is 174 Å². The van der Waals surface area contributed by atoms with Gasteiger partial charge in [-0.15, -0.1) is 69.9 Å². The van der Waals surface area contributed by atoms with Crippen LogP contribution in [0.25, 0.3) is 20.2 Å². The van der Waals surface area contributed by atoms with Crippen molar-refractivity contribution in [2.24, 2.45) is 16.7 Å². The maximum atomic E-state index is 14.1. The van der Waals surface area contributed by atoms with Crippen molar-refractivity contribution in [1.29, 1.82) is 11.1 Å². The second-order valence-corrected chi connectivity index (χ2v) is 32.7. The van der Waals surface area contributed by atoms with E-state index in [4.69, 9.17) is 99.2 Å². The van der Waals surface area contributed by atoms with Gasteiger partial charge in [-0.1, -0.05) is 24.3 Å². The molecule has 724 valence electrons. The summed E-state index contributed by atoms with van der Waals surface area (Å²) in [5, 5.41) is 68.7. The van der Waals surface area contributed by atoms with Crippen LogP contribution in [-0.4, -0.2) is 236 Å². The number of methoxy groups -OCH3 is 13. The molecule has 0 radical (unpaired) electrons. The van der Waals surface area contributed by atoms with E-state index in [1.54, 1.807) is 63.1 Å². The number of ether oxygens (including phenoxy) is 15. The number of thiophene rings is 2. The van der Waals surface area contributed by atoms with Crippen LogP contribution in [0.4, 0.5) is 8.78 Å². The van der Waals surface area contributed by atoms with Crippen LogP contribution in [0.1, 0.15) is 122 Å². The van der Waals surface area contributed by atoms with Crippen LogP contribution >= 0.6 is 69.9 Å². The van der Waals surface area contributed by atoms with Gasteiger partial charge < -0.3 is 118 Å². The molecule has 0 atom stereocenters. The summed E-state index contributed by atoms with van der Waals surface area (Å²) in [6.45, 7) is 4.55. The van der Waals surface area contributed by atoms with Crippen molar-refractivity contribution in [1.82, 2.24) is 16.2 Å². The first-order chi connectivity index (χ1) is 62.5. The molecule has 0 bridgehead atoms. The van der Waals surface area contributed by atoms with Crippen molar-refractivity contribution < 1.29 is 165 Å². The van der Waals surface area contributed by atoms with Crippen LogP contribution in [0.15, 0.2) is 113 Å². The maximum absolute atomic E-state index is 14.1. The lowest BCUT2D eigenvalue weighted by molar-refractivity contribution is -0.143. The Kier molecular flexibility index (Phi) is 58.6. The predicted octanol–water partition coefficient (Wildman–Crippen LogP) is 12.8. The number of phenols is 4. The number of nitrogens with zero attached hydrogens (tertiary/aromatic N) is 1. The molecule has 2 aromatic heterocycles. The average molecular weight is 2090 g/mol.